The number of carbonyl (C=O) groups excluding carboxylic acids is 2. The second-order valence-electron chi connectivity index (χ2n) is 4.32. The smallest absolute Gasteiger partial charge is 0.309 e. The van der Waals surface area contributed by atoms with Gasteiger partial charge in [-0.1, -0.05) is 19.8 Å². The maximum atomic E-state index is 11.5. The lowest BCUT2D eigenvalue weighted by Crippen LogP contribution is -2.48. The van der Waals surface area contributed by atoms with Crippen LogP contribution < -0.4 is 10.6 Å². The number of carbonyl (C=O) groups is 2. The number of aliphatic hydroxyl groups excluding tert-OH is 1. The number of hydrogen-bond donors (Lipinski definition) is 3. The lowest BCUT2D eigenvalue weighted by molar-refractivity contribution is -0.140. The Kier molecular flexibility index (Phi) is 5.25. The van der Waals surface area contributed by atoms with E-state index in [9.17, 15) is 9.59 Å². The first kappa shape index (κ1) is 13.0. The fourth-order valence-corrected chi connectivity index (χ4v) is 2.01. The SMILES string of the molecule is C[C@@H]1CCCC[C@H]1NC(=O)C(=O)NCCO. The summed E-state index contributed by atoms with van der Waals surface area (Å²) in [5, 5.41) is 13.6. The Morgan fingerprint density at radius 2 is 1.94 bits per heavy atom. The lowest BCUT2D eigenvalue weighted by Gasteiger charge is -2.29. The van der Waals surface area contributed by atoms with E-state index in [1.807, 2.05) is 0 Å². The molecule has 3 N–H and O–H groups in total. The third-order valence-electron chi connectivity index (χ3n) is 3.03. The first-order valence-electron chi connectivity index (χ1n) is 5.84. The van der Waals surface area contributed by atoms with Crippen LogP contribution in [0.3, 0.4) is 0 Å². The number of amides is 2. The molecule has 0 saturated heterocycles. The molecule has 2 atom stereocenters. The summed E-state index contributed by atoms with van der Waals surface area (Å²) in [7, 11) is 0. The molecule has 0 radical (unpaired) electrons. The van der Waals surface area contributed by atoms with Gasteiger partial charge in [-0.2, -0.15) is 0 Å². The Balaban J connectivity index is 2.34. The first-order valence-corrected chi connectivity index (χ1v) is 5.84. The van der Waals surface area contributed by atoms with Crippen LogP contribution in [0, 0.1) is 5.92 Å². The molecule has 0 aromatic carbocycles. The molecule has 1 saturated carbocycles. The summed E-state index contributed by atoms with van der Waals surface area (Å²) >= 11 is 0. The van der Waals surface area contributed by atoms with Crippen LogP contribution in [0.25, 0.3) is 0 Å². The van der Waals surface area contributed by atoms with Crippen LogP contribution in [0.4, 0.5) is 0 Å². The van der Waals surface area contributed by atoms with Gasteiger partial charge in [0, 0.05) is 12.6 Å². The van der Waals surface area contributed by atoms with Gasteiger partial charge in [0.1, 0.15) is 0 Å². The van der Waals surface area contributed by atoms with Crippen molar-refractivity contribution in [3.05, 3.63) is 0 Å². The molecule has 92 valence electrons. The van der Waals surface area contributed by atoms with Crippen LogP contribution in [0.15, 0.2) is 0 Å². The summed E-state index contributed by atoms with van der Waals surface area (Å²) < 4.78 is 0. The van der Waals surface area contributed by atoms with Crippen molar-refractivity contribution in [2.24, 2.45) is 5.92 Å². The van der Waals surface area contributed by atoms with Crippen molar-refractivity contribution in [3.8, 4) is 0 Å². The average Bonchev–Trinajstić information content (AvgIpc) is 2.28. The Morgan fingerprint density at radius 3 is 2.56 bits per heavy atom. The van der Waals surface area contributed by atoms with Gasteiger partial charge in [-0.3, -0.25) is 9.59 Å². The highest BCUT2D eigenvalue weighted by molar-refractivity contribution is 6.35. The van der Waals surface area contributed by atoms with Gasteiger partial charge in [-0.15, -0.1) is 0 Å². The summed E-state index contributed by atoms with van der Waals surface area (Å²) in [6.07, 6.45) is 4.35. The van der Waals surface area contributed by atoms with Gasteiger partial charge < -0.3 is 15.7 Å². The second kappa shape index (κ2) is 6.48. The molecule has 16 heavy (non-hydrogen) atoms. The molecule has 0 spiro atoms. The predicted molar refractivity (Wildman–Crippen MR) is 59.7 cm³/mol. The van der Waals surface area contributed by atoms with E-state index in [0.29, 0.717) is 5.92 Å². The molecule has 1 rings (SSSR count). The largest absolute Gasteiger partial charge is 0.395 e. The minimum absolute atomic E-state index is 0.112. The fraction of sp³-hybridized carbons (Fsp3) is 0.818. The van der Waals surface area contributed by atoms with Crippen LogP contribution in [0.1, 0.15) is 32.6 Å². The number of aliphatic hydroxyl groups is 1. The Labute approximate surface area is 95.6 Å². The summed E-state index contributed by atoms with van der Waals surface area (Å²) in [6, 6.07) is 0.112. The van der Waals surface area contributed by atoms with Gasteiger partial charge in [0.05, 0.1) is 6.61 Å². The van der Waals surface area contributed by atoms with E-state index < -0.39 is 11.8 Å². The molecular formula is C11H20N2O3. The normalized spacial score (nSPS) is 24.9. The van der Waals surface area contributed by atoms with Crippen molar-refractivity contribution in [2.45, 2.75) is 38.6 Å². The molecule has 5 heteroatoms. The van der Waals surface area contributed by atoms with Crippen molar-refractivity contribution in [1.29, 1.82) is 0 Å². The summed E-state index contributed by atoms with van der Waals surface area (Å²) in [6.45, 7) is 2.06. The van der Waals surface area contributed by atoms with E-state index in [1.54, 1.807) is 0 Å². The van der Waals surface area contributed by atoms with Gasteiger partial charge >= 0.3 is 11.8 Å². The summed E-state index contributed by atoms with van der Waals surface area (Å²) in [5.41, 5.74) is 0. The summed E-state index contributed by atoms with van der Waals surface area (Å²) in [5.74, 6) is -0.817. The minimum Gasteiger partial charge on any atom is -0.395 e. The standard InChI is InChI=1S/C11H20N2O3/c1-8-4-2-3-5-9(8)13-11(16)10(15)12-6-7-14/h8-9,14H,2-7H2,1H3,(H,12,15)(H,13,16)/t8-,9-/m1/s1. The molecule has 2 amide bonds. The molecule has 0 heterocycles. The van der Waals surface area contributed by atoms with Crippen molar-refractivity contribution in [2.75, 3.05) is 13.2 Å². The highest BCUT2D eigenvalue weighted by atomic mass is 16.3. The maximum Gasteiger partial charge on any atom is 0.309 e. The van der Waals surface area contributed by atoms with Crippen molar-refractivity contribution >= 4 is 11.8 Å². The van der Waals surface area contributed by atoms with Crippen molar-refractivity contribution in [1.82, 2.24) is 10.6 Å². The molecule has 1 fully saturated rings. The topological polar surface area (TPSA) is 78.4 Å². The monoisotopic (exact) mass is 228 g/mol. The zero-order valence-corrected chi connectivity index (χ0v) is 9.66. The van der Waals surface area contributed by atoms with Gasteiger partial charge in [0.25, 0.3) is 0 Å². The van der Waals surface area contributed by atoms with E-state index in [4.69, 9.17) is 5.11 Å². The molecule has 0 unspecified atom stereocenters. The second-order valence-corrected chi connectivity index (χ2v) is 4.32. The number of hydrogen-bond acceptors (Lipinski definition) is 3. The highest BCUT2D eigenvalue weighted by Crippen LogP contribution is 2.23. The lowest BCUT2D eigenvalue weighted by atomic mass is 9.86. The third-order valence-corrected chi connectivity index (χ3v) is 3.03. The first-order chi connectivity index (χ1) is 7.65. The van der Waals surface area contributed by atoms with E-state index in [0.717, 1.165) is 19.3 Å². The van der Waals surface area contributed by atoms with Crippen LogP contribution >= 0.6 is 0 Å². The van der Waals surface area contributed by atoms with E-state index in [-0.39, 0.29) is 19.2 Å². The fourth-order valence-electron chi connectivity index (χ4n) is 2.01. The van der Waals surface area contributed by atoms with E-state index >= 15 is 0 Å². The van der Waals surface area contributed by atoms with Crippen molar-refractivity contribution < 1.29 is 14.7 Å². The zero-order valence-electron chi connectivity index (χ0n) is 9.66. The van der Waals surface area contributed by atoms with Gasteiger partial charge in [-0.25, -0.2) is 0 Å². The van der Waals surface area contributed by atoms with E-state index in [1.165, 1.54) is 6.42 Å². The van der Waals surface area contributed by atoms with Crippen LogP contribution in [0.5, 0.6) is 0 Å². The Morgan fingerprint density at radius 1 is 1.25 bits per heavy atom. The minimum atomic E-state index is -0.660. The van der Waals surface area contributed by atoms with Gasteiger partial charge in [-0.05, 0) is 18.8 Å². The van der Waals surface area contributed by atoms with Gasteiger partial charge in [0.2, 0.25) is 0 Å². The molecule has 0 aromatic heterocycles. The molecule has 1 aliphatic rings. The molecule has 0 aliphatic heterocycles. The number of nitrogens with one attached hydrogen (secondary N) is 2. The predicted octanol–water partition coefficient (Wildman–Crippen LogP) is -0.210. The molecule has 1 aliphatic carbocycles. The quantitative estimate of drug-likeness (QED) is 0.585. The van der Waals surface area contributed by atoms with E-state index in [2.05, 4.69) is 17.6 Å². The Hall–Kier alpha value is -1.10. The Bertz CT molecular complexity index is 256. The van der Waals surface area contributed by atoms with Crippen LogP contribution in [0.2, 0.25) is 0 Å². The molecule has 5 nitrogen and oxygen atoms in total. The average molecular weight is 228 g/mol. The highest BCUT2D eigenvalue weighted by Gasteiger charge is 2.25. The molecule has 0 bridgehead atoms. The van der Waals surface area contributed by atoms with Crippen LogP contribution in [-0.2, 0) is 9.59 Å². The van der Waals surface area contributed by atoms with Gasteiger partial charge in [0.15, 0.2) is 0 Å². The maximum absolute atomic E-state index is 11.5. The molecular weight excluding hydrogens is 208 g/mol. The third kappa shape index (κ3) is 3.81. The number of rotatable bonds is 3. The molecule has 0 aromatic rings. The summed E-state index contributed by atoms with van der Waals surface area (Å²) in [4.78, 5) is 22.7. The van der Waals surface area contributed by atoms with Crippen LogP contribution in [-0.4, -0.2) is 36.1 Å². The zero-order chi connectivity index (χ0) is 12.0. The van der Waals surface area contributed by atoms with Crippen molar-refractivity contribution in [3.63, 3.8) is 0 Å².